The highest BCUT2D eigenvalue weighted by atomic mass is 16.3. The SMILES string of the molecule is CCCCCC/C=C1/CCC(O)C1(C)C. The fraction of sp³-hybridized carbons (Fsp3) is 0.857. The van der Waals surface area contributed by atoms with Crippen molar-refractivity contribution in [2.75, 3.05) is 0 Å². The molecule has 0 amide bonds. The molecule has 1 fully saturated rings. The van der Waals surface area contributed by atoms with Gasteiger partial charge in [-0.2, -0.15) is 0 Å². The summed E-state index contributed by atoms with van der Waals surface area (Å²) >= 11 is 0. The molecule has 1 N–H and O–H groups in total. The molecule has 88 valence electrons. The molecule has 1 aliphatic rings. The van der Waals surface area contributed by atoms with Gasteiger partial charge in [0.15, 0.2) is 0 Å². The summed E-state index contributed by atoms with van der Waals surface area (Å²) in [6.07, 6.45) is 10.8. The molecule has 0 radical (unpaired) electrons. The van der Waals surface area contributed by atoms with Crippen LogP contribution in [0.5, 0.6) is 0 Å². The Kier molecular flexibility index (Phi) is 4.85. The Hall–Kier alpha value is -0.300. The van der Waals surface area contributed by atoms with E-state index in [1.165, 1.54) is 37.7 Å². The predicted octanol–water partition coefficient (Wildman–Crippen LogP) is 4.06. The van der Waals surface area contributed by atoms with E-state index in [4.69, 9.17) is 0 Å². The number of aliphatic hydroxyl groups excluding tert-OH is 1. The zero-order valence-corrected chi connectivity index (χ0v) is 10.6. The van der Waals surface area contributed by atoms with Gasteiger partial charge in [0, 0.05) is 5.41 Å². The second-order valence-corrected chi connectivity index (χ2v) is 5.35. The number of rotatable bonds is 5. The van der Waals surface area contributed by atoms with Crippen LogP contribution in [0.15, 0.2) is 11.6 Å². The lowest BCUT2D eigenvalue weighted by molar-refractivity contribution is 0.0956. The Morgan fingerprint density at radius 3 is 2.60 bits per heavy atom. The van der Waals surface area contributed by atoms with E-state index < -0.39 is 0 Å². The van der Waals surface area contributed by atoms with Gasteiger partial charge >= 0.3 is 0 Å². The molecule has 0 saturated heterocycles. The first-order chi connectivity index (χ1) is 7.09. The average molecular weight is 210 g/mol. The minimum absolute atomic E-state index is 0.0325. The van der Waals surface area contributed by atoms with Crippen molar-refractivity contribution in [2.45, 2.75) is 71.8 Å². The molecule has 1 saturated carbocycles. The molecule has 0 aromatic rings. The number of aliphatic hydroxyl groups is 1. The lowest BCUT2D eigenvalue weighted by atomic mass is 9.84. The number of allylic oxidation sites excluding steroid dienone is 1. The van der Waals surface area contributed by atoms with E-state index in [1.807, 2.05) is 0 Å². The van der Waals surface area contributed by atoms with Crippen molar-refractivity contribution in [1.29, 1.82) is 0 Å². The first kappa shape index (κ1) is 12.8. The Labute approximate surface area is 94.6 Å². The lowest BCUT2D eigenvalue weighted by Crippen LogP contribution is -2.23. The molecule has 1 heteroatoms. The lowest BCUT2D eigenvalue weighted by Gasteiger charge is -2.24. The number of hydrogen-bond donors (Lipinski definition) is 1. The van der Waals surface area contributed by atoms with Crippen LogP contribution in [-0.2, 0) is 0 Å². The van der Waals surface area contributed by atoms with E-state index in [0.717, 1.165) is 12.8 Å². The quantitative estimate of drug-likeness (QED) is 0.536. The third-order valence-electron chi connectivity index (χ3n) is 3.80. The summed E-state index contributed by atoms with van der Waals surface area (Å²) in [5, 5.41) is 9.83. The van der Waals surface area contributed by atoms with Crippen LogP contribution in [0, 0.1) is 5.41 Å². The molecule has 1 atom stereocenters. The van der Waals surface area contributed by atoms with Crippen LogP contribution in [0.2, 0.25) is 0 Å². The summed E-state index contributed by atoms with van der Waals surface area (Å²) in [6, 6.07) is 0. The van der Waals surface area contributed by atoms with Crippen molar-refractivity contribution in [2.24, 2.45) is 5.41 Å². The van der Waals surface area contributed by atoms with Crippen molar-refractivity contribution in [1.82, 2.24) is 0 Å². The smallest absolute Gasteiger partial charge is 0.0631 e. The van der Waals surface area contributed by atoms with Crippen molar-refractivity contribution in [3.05, 3.63) is 11.6 Å². The minimum Gasteiger partial charge on any atom is -0.392 e. The van der Waals surface area contributed by atoms with Gasteiger partial charge in [-0.15, -0.1) is 0 Å². The van der Waals surface area contributed by atoms with Crippen LogP contribution >= 0.6 is 0 Å². The average Bonchev–Trinajstić information content (AvgIpc) is 2.44. The first-order valence-electron chi connectivity index (χ1n) is 6.46. The van der Waals surface area contributed by atoms with Crippen LogP contribution in [0.1, 0.15) is 65.7 Å². The summed E-state index contributed by atoms with van der Waals surface area (Å²) in [5.41, 5.74) is 1.51. The summed E-state index contributed by atoms with van der Waals surface area (Å²) in [4.78, 5) is 0. The third kappa shape index (κ3) is 3.34. The highest BCUT2D eigenvalue weighted by Gasteiger charge is 2.36. The van der Waals surface area contributed by atoms with Gasteiger partial charge in [-0.05, 0) is 25.7 Å². The number of unbranched alkanes of at least 4 members (excludes halogenated alkanes) is 4. The normalized spacial score (nSPS) is 27.5. The molecule has 0 spiro atoms. The highest BCUT2D eigenvalue weighted by Crippen LogP contribution is 2.42. The summed E-state index contributed by atoms with van der Waals surface area (Å²) in [7, 11) is 0. The monoisotopic (exact) mass is 210 g/mol. The molecule has 0 heterocycles. The number of hydrogen-bond acceptors (Lipinski definition) is 1. The van der Waals surface area contributed by atoms with Crippen LogP contribution < -0.4 is 0 Å². The maximum absolute atomic E-state index is 9.83. The predicted molar refractivity (Wildman–Crippen MR) is 65.9 cm³/mol. The van der Waals surface area contributed by atoms with E-state index in [1.54, 1.807) is 0 Å². The largest absolute Gasteiger partial charge is 0.392 e. The van der Waals surface area contributed by atoms with Crippen LogP contribution in [0.4, 0.5) is 0 Å². The Morgan fingerprint density at radius 2 is 2.07 bits per heavy atom. The van der Waals surface area contributed by atoms with E-state index in [9.17, 15) is 5.11 Å². The standard InChI is InChI=1S/C14H26O/c1-4-5-6-7-8-9-12-10-11-13(15)14(12,2)3/h9,13,15H,4-8,10-11H2,1-3H3/b12-9-. The highest BCUT2D eigenvalue weighted by molar-refractivity contribution is 5.19. The second kappa shape index (κ2) is 5.69. The Balaban J connectivity index is 2.33. The molecular formula is C14H26O. The van der Waals surface area contributed by atoms with Gasteiger partial charge in [-0.3, -0.25) is 0 Å². The summed E-state index contributed by atoms with van der Waals surface area (Å²) < 4.78 is 0. The molecule has 1 rings (SSSR count). The topological polar surface area (TPSA) is 20.2 Å². The van der Waals surface area contributed by atoms with Gasteiger partial charge in [0.05, 0.1) is 6.10 Å². The van der Waals surface area contributed by atoms with Crippen molar-refractivity contribution in [3.63, 3.8) is 0 Å². The van der Waals surface area contributed by atoms with Crippen molar-refractivity contribution in [3.8, 4) is 0 Å². The fourth-order valence-corrected chi connectivity index (χ4v) is 2.40. The third-order valence-corrected chi connectivity index (χ3v) is 3.80. The maximum atomic E-state index is 9.83. The molecule has 1 unspecified atom stereocenters. The molecular weight excluding hydrogens is 184 g/mol. The molecule has 0 aromatic carbocycles. The molecule has 0 bridgehead atoms. The van der Waals surface area contributed by atoms with E-state index in [-0.39, 0.29) is 11.5 Å². The van der Waals surface area contributed by atoms with Crippen LogP contribution in [-0.4, -0.2) is 11.2 Å². The summed E-state index contributed by atoms with van der Waals surface area (Å²) in [5.74, 6) is 0. The maximum Gasteiger partial charge on any atom is 0.0631 e. The first-order valence-corrected chi connectivity index (χ1v) is 6.46. The molecule has 1 aliphatic carbocycles. The van der Waals surface area contributed by atoms with Gasteiger partial charge in [-0.25, -0.2) is 0 Å². The van der Waals surface area contributed by atoms with Crippen molar-refractivity contribution < 1.29 is 5.11 Å². The fourth-order valence-electron chi connectivity index (χ4n) is 2.40. The van der Waals surface area contributed by atoms with E-state index in [0.29, 0.717) is 0 Å². The van der Waals surface area contributed by atoms with Gasteiger partial charge in [0.25, 0.3) is 0 Å². The minimum atomic E-state index is -0.126. The van der Waals surface area contributed by atoms with Gasteiger partial charge in [-0.1, -0.05) is 51.7 Å². The molecule has 0 aliphatic heterocycles. The zero-order chi connectivity index (χ0) is 11.3. The van der Waals surface area contributed by atoms with Crippen LogP contribution in [0.3, 0.4) is 0 Å². The Bertz CT molecular complexity index is 215. The summed E-state index contributed by atoms with van der Waals surface area (Å²) in [6.45, 7) is 6.58. The molecule has 1 nitrogen and oxygen atoms in total. The van der Waals surface area contributed by atoms with Crippen molar-refractivity contribution >= 4 is 0 Å². The van der Waals surface area contributed by atoms with Gasteiger partial charge in [0.2, 0.25) is 0 Å². The zero-order valence-electron chi connectivity index (χ0n) is 10.6. The van der Waals surface area contributed by atoms with E-state index in [2.05, 4.69) is 26.8 Å². The van der Waals surface area contributed by atoms with Gasteiger partial charge in [0.1, 0.15) is 0 Å². The van der Waals surface area contributed by atoms with Crippen LogP contribution in [0.25, 0.3) is 0 Å². The molecule has 15 heavy (non-hydrogen) atoms. The molecule has 0 aromatic heterocycles. The Morgan fingerprint density at radius 1 is 1.33 bits per heavy atom. The second-order valence-electron chi connectivity index (χ2n) is 5.35. The van der Waals surface area contributed by atoms with Gasteiger partial charge < -0.3 is 5.11 Å². The van der Waals surface area contributed by atoms with E-state index >= 15 is 0 Å².